The molecule has 0 N–H and O–H groups in total. The van der Waals surface area contributed by atoms with Gasteiger partial charge >= 0.3 is 5.97 Å². The van der Waals surface area contributed by atoms with Crippen LogP contribution in [0.4, 0.5) is 0 Å². The van der Waals surface area contributed by atoms with Crippen LogP contribution in [0.5, 0.6) is 0 Å². The maximum atomic E-state index is 13.7. The molecular formula is C46H48N4O2. The predicted octanol–water partition coefficient (Wildman–Crippen LogP) is 10.4. The van der Waals surface area contributed by atoms with Crippen LogP contribution in [0, 0.1) is 70.0 Å². The number of hydrogen-bond acceptors (Lipinski definition) is 6. The van der Waals surface area contributed by atoms with E-state index in [0.29, 0.717) is 53.2 Å². The van der Waals surface area contributed by atoms with Crippen molar-refractivity contribution in [2.75, 3.05) is 6.61 Å². The lowest BCUT2D eigenvalue weighted by Gasteiger charge is -2.39. The number of carbonyl (C=O) groups is 1. The van der Waals surface area contributed by atoms with Gasteiger partial charge in [-0.15, -0.1) is 0 Å². The third-order valence-corrected chi connectivity index (χ3v) is 11.8. The molecule has 6 rings (SSSR count). The number of nitriles is 2. The molecule has 264 valence electrons. The fourth-order valence-corrected chi connectivity index (χ4v) is 8.21. The fourth-order valence-electron chi connectivity index (χ4n) is 8.21. The van der Waals surface area contributed by atoms with Crippen LogP contribution in [0.1, 0.15) is 75.9 Å². The molecule has 2 aliphatic carbocycles. The molecule has 0 bridgehead atoms. The normalized spacial score (nSPS) is 26.1. The van der Waals surface area contributed by atoms with E-state index in [1.807, 2.05) is 91.3 Å². The van der Waals surface area contributed by atoms with Gasteiger partial charge in [-0.1, -0.05) is 88.4 Å². The van der Waals surface area contributed by atoms with Crippen molar-refractivity contribution in [3.8, 4) is 34.4 Å². The number of carbonyl (C=O) groups excluding carboxylic acids is 1. The van der Waals surface area contributed by atoms with Gasteiger partial charge in [0.2, 0.25) is 0 Å². The second-order valence-electron chi connectivity index (χ2n) is 15.0. The van der Waals surface area contributed by atoms with Gasteiger partial charge in [-0.05, 0) is 104 Å². The van der Waals surface area contributed by atoms with E-state index in [-0.39, 0.29) is 17.8 Å². The van der Waals surface area contributed by atoms with Crippen molar-refractivity contribution in [2.24, 2.45) is 47.3 Å². The molecule has 0 amide bonds. The van der Waals surface area contributed by atoms with Crippen LogP contribution in [0.25, 0.3) is 34.4 Å². The van der Waals surface area contributed by atoms with E-state index < -0.39 is 0 Å². The zero-order valence-corrected chi connectivity index (χ0v) is 30.7. The van der Waals surface area contributed by atoms with Crippen molar-refractivity contribution >= 4 is 18.1 Å². The van der Waals surface area contributed by atoms with Gasteiger partial charge in [0.15, 0.2) is 0 Å². The molecule has 2 aromatic heterocycles. The first kappa shape index (κ1) is 36.5. The highest BCUT2D eigenvalue weighted by Crippen LogP contribution is 2.42. The molecule has 0 radical (unpaired) electrons. The average Bonchev–Trinajstić information content (AvgIpc) is 3.18. The Labute approximate surface area is 308 Å². The van der Waals surface area contributed by atoms with E-state index in [9.17, 15) is 15.3 Å². The van der Waals surface area contributed by atoms with E-state index in [1.54, 1.807) is 0 Å². The van der Waals surface area contributed by atoms with Crippen molar-refractivity contribution in [3.05, 3.63) is 120 Å². The fraction of sp³-hybridized carbons (Fsp3) is 0.370. The van der Waals surface area contributed by atoms with Crippen molar-refractivity contribution in [3.63, 3.8) is 0 Å². The number of pyridine rings is 2. The monoisotopic (exact) mass is 688 g/mol. The maximum Gasteiger partial charge on any atom is 0.309 e. The minimum Gasteiger partial charge on any atom is -0.465 e. The van der Waals surface area contributed by atoms with Gasteiger partial charge in [0.25, 0.3) is 0 Å². The molecule has 2 fully saturated rings. The summed E-state index contributed by atoms with van der Waals surface area (Å²) in [4.78, 5) is 23.1. The van der Waals surface area contributed by atoms with E-state index >= 15 is 0 Å². The highest BCUT2D eigenvalue weighted by molar-refractivity contribution is 5.74. The lowest BCUT2D eigenvalue weighted by molar-refractivity contribution is -0.154. The smallest absolute Gasteiger partial charge is 0.309 e. The minimum absolute atomic E-state index is 0.0743. The quantitative estimate of drug-likeness (QED) is 0.162. The van der Waals surface area contributed by atoms with Crippen LogP contribution < -0.4 is 0 Å². The third-order valence-electron chi connectivity index (χ3n) is 11.8. The van der Waals surface area contributed by atoms with Gasteiger partial charge in [-0.3, -0.25) is 14.8 Å². The van der Waals surface area contributed by atoms with Crippen LogP contribution >= 0.6 is 0 Å². The molecule has 6 heteroatoms. The molecule has 2 heterocycles. The second kappa shape index (κ2) is 16.8. The van der Waals surface area contributed by atoms with Crippen molar-refractivity contribution in [1.82, 2.24) is 9.97 Å². The van der Waals surface area contributed by atoms with Crippen LogP contribution in [0.15, 0.2) is 97.3 Å². The lowest BCUT2D eigenvalue weighted by atomic mass is 9.67. The Hall–Kier alpha value is -5.33. The topological polar surface area (TPSA) is 99.7 Å². The summed E-state index contributed by atoms with van der Waals surface area (Å²) in [5.74, 6) is 2.40. The summed E-state index contributed by atoms with van der Waals surface area (Å²) < 4.78 is 6.17. The molecule has 2 aliphatic rings. The molecule has 2 aromatic carbocycles. The molecule has 4 aromatic rings. The van der Waals surface area contributed by atoms with Gasteiger partial charge in [0.05, 0.1) is 47.2 Å². The van der Waals surface area contributed by atoms with Gasteiger partial charge in [-0.2, -0.15) is 10.5 Å². The second-order valence-corrected chi connectivity index (χ2v) is 15.0. The third kappa shape index (κ3) is 8.41. The number of hydrogen-bond donors (Lipinski definition) is 0. The number of rotatable bonds is 9. The number of ether oxygens (including phenoxy) is 1. The Bertz CT molecular complexity index is 1980. The van der Waals surface area contributed by atoms with Crippen molar-refractivity contribution < 1.29 is 9.53 Å². The van der Waals surface area contributed by atoms with E-state index in [2.05, 4.69) is 68.0 Å². The molecule has 0 aliphatic heterocycles. The first-order chi connectivity index (χ1) is 25.2. The summed E-state index contributed by atoms with van der Waals surface area (Å²) in [7, 11) is 0. The van der Waals surface area contributed by atoms with Crippen molar-refractivity contribution in [2.45, 2.75) is 53.4 Å². The summed E-state index contributed by atoms with van der Waals surface area (Å²) in [5.41, 5.74) is 6.59. The molecule has 52 heavy (non-hydrogen) atoms. The van der Waals surface area contributed by atoms with Crippen LogP contribution in [0.2, 0.25) is 0 Å². The van der Waals surface area contributed by atoms with Crippen LogP contribution in [0.3, 0.4) is 0 Å². The van der Waals surface area contributed by atoms with E-state index in [4.69, 9.17) is 4.74 Å². The number of benzene rings is 2. The number of allylic oxidation sites excluding steroid dienone is 2. The zero-order valence-electron chi connectivity index (χ0n) is 30.7. The van der Waals surface area contributed by atoms with Gasteiger partial charge in [0, 0.05) is 34.6 Å². The first-order valence-electron chi connectivity index (χ1n) is 18.7. The molecule has 2 saturated carbocycles. The summed E-state index contributed by atoms with van der Waals surface area (Å²) in [6.07, 6.45) is 16.1. The van der Waals surface area contributed by atoms with E-state index in [0.717, 1.165) is 59.3 Å². The minimum atomic E-state index is -0.172. The predicted molar refractivity (Wildman–Crippen MR) is 207 cm³/mol. The number of nitrogens with zero attached hydrogens (tertiary/aromatic N) is 4. The summed E-state index contributed by atoms with van der Waals surface area (Å²) in [6.45, 7) is 9.63. The maximum absolute atomic E-state index is 13.7. The standard InChI is InChI=1S/C46H48N4O2/c1-30-13-21-45(42(33(30)4)22-20-41-19-16-39(28-50-41)44-12-8-6-10-37(44)26-48)46(51)52-29-34-23-31(2)32(3)35(24-34)14-17-40-18-15-38(27-49-40)43-11-7-5-9-36(43)25-47/h5-12,14-20,22,27-28,30-35,42,45H,13,21,23-24,29H2,1-4H3/b17-14+,22-20+/t30-,31-,32+,33+,34?,35+,42-,45-/m0/s1. The molecule has 0 spiro atoms. The Morgan fingerprint density at radius 1 is 0.731 bits per heavy atom. The van der Waals surface area contributed by atoms with E-state index in [1.165, 1.54) is 0 Å². The number of esters is 1. The highest BCUT2D eigenvalue weighted by Gasteiger charge is 2.39. The average molecular weight is 689 g/mol. The lowest BCUT2D eigenvalue weighted by Crippen LogP contribution is -2.37. The zero-order chi connectivity index (χ0) is 36.6. The van der Waals surface area contributed by atoms with Crippen LogP contribution in [-0.4, -0.2) is 22.5 Å². The summed E-state index contributed by atoms with van der Waals surface area (Å²) in [6, 6.07) is 27.7. The Balaban J connectivity index is 1.08. The van der Waals surface area contributed by atoms with Crippen LogP contribution in [-0.2, 0) is 9.53 Å². The first-order valence-corrected chi connectivity index (χ1v) is 18.7. The molecular weight excluding hydrogens is 641 g/mol. The summed E-state index contributed by atoms with van der Waals surface area (Å²) >= 11 is 0. The largest absolute Gasteiger partial charge is 0.465 e. The Kier molecular flexibility index (Phi) is 11.8. The molecule has 1 unspecified atom stereocenters. The number of aromatic nitrogens is 2. The Morgan fingerprint density at radius 2 is 1.31 bits per heavy atom. The summed E-state index contributed by atoms with van der Waals surface area (Å²) in [5, 5.41) is 19.0. The van der Waals surface area contributed by atoms with Gasteiger partial charge in [0.1, 0.15) is 0 Å². The molecule has 8 atom stereocenters. The SMILES string of the molecule is C[C@H]1[C@H](/C=C/c2ccc(-c3ccccc3C#N)cn2)[C@@H](C(=O)OCC2C[C@@H](/C=C/c3ccc(-c4ccccc4C#N)cn3)[C@H](C)[C@@H](C)C2)CC[C@@H]1C. The van der Waals surface area contributed by atoms with Gasteiger partial charge in [-0.25, -0.2) is 0 Å². The molecule has 6 nitrogen and oxygen atoms in total. The molecule has 0 saturated heterocycles. The highest BCUT2D eigenvalue weighted by atomic mass is 16.5. The van der Waals surface area contributed by atoms with Gasteiger partial charge < -0.3 is 4.74 Å². The van der Waals surface area contributed by atoms with Crippen molar-refractivity contribution in [1.29, 1.82) is 10.5 Å². The Morgan fingerprint density at radius 3 is 1.87 bits per heavy atom.